The average molecular weight is 499 g/mol. The van der Waals surface area contributed by atoms with E-state index in [4.69, 9.17) is 9.47 Å². The van der Waals surface area contributed by atoms with Gasteiger partial charge in [-0.2, -0.15) is 0 Å². The molecule has 0 N–H and O–H groups in total. The molecule has 0 atom stereocenters. The maximum Gasteiger partial charge on any atom is 0.123 e. The van der Waals surface area contributed by atoms with Crippen molar-refractivity contribution in [1.82, 2.24) is 0 Å². The van der Waals surface area contributed by atoms with Crippen molar-refractivity contribution in [2.24, 2.45) is 17.8 Å². The smallest absolute Gasteiger partial charge is 0.123 e. The van der Waals surface area contributed by atoms with Crippen LogP contribution < -0.4 is 9.47 Å². The molecular weight excluding hydrogens is 440 g/mol. The Morgan fingerprint density at radius 2 is 1.19 bits per heavy atom. The molecule has 0 amide bonds. The molecule has 0 unspecified atom stereocenters. The van der Waals surface area contributed by atoms with Gasteiger partial charge in [-0.15, -0.1) is 0 Å². The molecule has 2 nitrogen and oxygen atoms in total. The van der Waals surface area contributed by atoms with Crippen molar-refractivity contribution in [3.8, 4) is 11.5 Å². The standard InChI is InChI=1S/C34H58O2/c1-4-7-9-11-13-28-15-17-30(18-16-28)27-36-34-24-23-32(35-25-6-3)26-33(34)31-21-19-29(20-22-31)14-12-10-8-5-2/h23-24,26,28-31H,4-22,25,27H2,1-3H3. The Labute approximate surface area is 224 Å². The van der Waals surface area contributed by atoms with Crippen molar-refractivity contribution in [3.63, 3.8) is 0 Å². The fourth-order valence-corrected chi connectivity index (χ4v) is 6.66. The van der Waals surface area contributed by atoms with E-state index in [2.05, 4.69) is 39.0 Å². The molecular formula is C34H58O2. The van der Waals surface area contributed by atoms with Crippen molar-refractivity contribution in [2.45, 2.75) is 149 Å². The minimum atomic E-state index is 0.635. The van der Waals surface area contributed by atoms with Gasteiger partial charge in [-0.05, 0) is 86.8 Å². The molecule has 1 aromatic carbocycles. The normalized spacial score (nSPS) is 24.5. The highest BCUT2D eigenvalue weighted by atomic mass is 16.5. The van der Waals surface area contributed by atoms with Gasteiger partial charge in [0.05, 0.1) is 13.2 Å². The summed E-state index contributed by atoms with van der Waals surface area (Å²) in [5.41, 5.74) is 1.43. The third-order valence-corrected chi connectivity index (χ3v) is 9.11. The van der Waals surface area contributed by atoms with E-state index in [0.29, 0.717) is 5.92 Å². The maximum absolute atomic E-state index is 6.60. The third kappa shape index (κ3) is 10.3. The Balaban J connectivity index is 1.50. The highest BCUT2D eigenvalue weighted by Gasteiger charge is 2.26. The maximum atomic E-state index is 6.60. The van der Waals surface area contributed by atoms with Gasteiger partial charge >= 0.3 is 0 Å². The lowest BCUT2D eigenvalue weighted by molar-refractivity contribution is 0.175. The summed E-state index contributed by atoms with van der Waals surface area (Å²) in [6.07, 6.45) is 26.1. The molecule has 0 spiro atoms. The summed E-state index contributed by atoms with van der Waals surface area (Å²) in [6, 6.07) is 6.68. The van der Waals surface area contributed by atoms with Crippen molar-refractivity contribution in [3.05, 3.63) is 23.8 Å². The van der Waals surface area contributed by atoms with Crippen LogP contribution in [-0.2, 0) is 0 Å². The third-order valence-electron chi connectivity index (χ3n) is 9.11. The van der Waals surface area contributed by atoms with Crippen molar-refractivity contribution in [2.75, 3.05) is 13.2 Å². The first-order valence-electron chi connectivity index (χ1n) is 16.1. The number of rotatable bonds is 17. The zero-order chi connectivity index (χ0) is 25.4. The molecule has 0 aliphatic heterocycles. The van der Waals surface area contributed by atoms with Crippen LogP contribution in [0.3, 0.4) is 0 Å². The largest absolute Gasteiger partial charge is 0.494 e. The van der Waals surface area contributed by atoms with Crippen molar-refractivity contribution in [1.29, 1.82) is 0 Å². The fraction of sp³-hybridized carbons (Fsp3) is 0.824. The zero-order valence-corrected chi connectivity index (χ0v) is 24.2. The van der Waals surface area contributed by atoms with E-state index in [1.165, 1.54) is 121 Å². The number of unbranched alkanes of at least 4 members (excludes halogenated alkanes) is 6. The topological polar surface area (TPSA) is 18.5 Å². The number of hydrogen-bond acceptors (Lipinski definition) is 2. The second-order valence-corrected chi connectivity index (χ2v) is 12.2. The summed E-state index contributed by atoms with van der Waals surface area (Å²) in [7, 11) is 0. The van der Waals surface area contributed by atoms with E-state index in [1.54, 1.807) is 0 Å². The van der Waals surface area contributed by atoms with Crippen LogP contribution in [0.2, 0.25) is 0 Å². The molecule has 3 rings (SSSR count). The minimum absolute atomic E-state index is 0.635. The van der Waals surface area contributed by atoms with Crippen LogP contribution in [0.4, 0.5) is 0 Å². The Morgan fingerprint density at radius 1 is 0.611 bits per heavy atom. The molecule has 2 saturated carbocycles. The molecule has 0 bridgehead atoms. The van der Waals surface area contributed by atoms with Crippen LogP contribution in [0, 0.1) is 17.8 Å². The molecule has 0 radical (unpaired) electrons. The average Bonchev–Trinajstić information content (AvgIpc) is 2.92. The minimum Gasteiger partial charge on any atom is -0.494 e. The van der Waals surface area contributed by atoms with Gasteiger partial charge in [-0.3, -0.25) is 0 Å². The van der Waals surface area contributed by atoms with Crippen LogP contribution in [-0.4, -0.2) is 13.2 Å². The predicted octanol–water partition coefficient (Wildman–Crippen LogP) is 10.9. The van der Waals surface area contributed by atoms with E-state index >= 15 is 0 Å². The predicted molar refractivity (Wildman–Crippen MR) is 155 cm³/mol. The summed E-state index contributed by atoms with van der Waals surface area (Å²) in [4.78, 5) is 0. The van der Waals surface area contributed by atoms with Gasteiger partial charge in [0, 0.05) is 5.56 Å². The molecule has 0 aromatic heterocycles. The van der Waals surface area contributed by atoms with Crippen LogP contribution in [0.25, 0.3) is 0 Å². The lowest BCUT2D eigenvalue weighted by atomic mass is 9.76. The van der Waals surface area contributed by atoms with Crippen LogP contribution in [0.5, 0.6) is 11.5 Å². The van der Waals surface area contributed by atoms with Crippen LogP contribution in [0.15, 0.2) is 18.2 Å². The van der Waals surface area contributed by atoms with Gasteiger partial charge in [0.2, 0.25) is 0 Å². The summed E-state index contributed by atoms with van der Waals surface area (Å²) in [6.45, 7) is 8.50. The second-order valence-electron chi connectivity index (χ2n) is 12.2. The Hall–Kier alpha value is -1.18. The van der Waals surface area contributed by atoms with Gasteiger partial charge < -0.3 is 9.47 Å². The highest BCUT2D eigenvalue weighted by Crippen LogP contribution is 2.43. The first-order valence-corrected chi connectivity index (χ1v) is 16.1. The SMILES string of the molecule is CCCCCCC1CCC(COc2ccc(OCCC)cc2C2CCC(CCCCCC)CC2)CC1. The molecule has 2 fully saturated rings. The molecule has 206 valence electrons. The quantitative estimate of drug-likeness (QED) is 0.199. The van der Waals surface area contributed by atoms with Gasteiger partial charge in [0.15, 0.2) is 0 Å². The summed E-state index contributed by atoms with van der Waals surface area (Å²) >= 11 is 0. The summed E-state index contributed by atoms with van der Waals surface area (Å²) in [5, 5.41) is 0. The molecule has 2 aliphatic carbocycles. The Morgan fingerprint density at radius 3 is 1.78 bits per heavy atom. The fourth-order valence-electron chi connectivity index (χ4n) is 6.66. The monoisotopic (exact) mass is 498 g/mol. The van der Waals surface area contributed by atoms with E-state index in [0.717, 1.165) is 48.9 Å². The van der Waals surface area contributed by atoms with Crippen molar-refractivity contribution < 1.29 is 9.47 Å². The lowest BCUT2D eigenvalue weighted by Crippen LogP contribution is -2.21. The molecule has 2 aliphatic rings. The number of hydrogen-bond donors (Lipinski definition) is 0. The van der Waals surface area contributed by atoms with Gasteiger partial charge in [-0.1, -0.05) is 97.8 Å². The lowest BCUT2D eigenvalue weighted by Gasteiger charge is -2.31. The Kier molecular flexibility index (Phi) is 14.2. The molecule has 0 saturated heterocycles. The van der Waals surface area contributed by atoms with Crippen LogP contribution in [0.1, 0.15) is 154 Å². The van der Waals surface area contributed by atoms with Gasteiger partial charge in [0.1, 0.15) is 11.5 Å². The van der Waals surface area contributed by atoms with E-state index < -0.39 is 0 Å². The molecule has 2 heteroatoms. The molecule has 0 heterocycles. The summed E-state index contributed by atoms with van der Waals surface area (Å²) < 4.78 is 12.6. The second kappa shape index (κ2) is 17.4. The zero-order valence-electron chi connectivity index (χ0n) is 24.2. The first-order chi connectivity index (χ1) is 17.7. The number of benzene rings is 1. The first kappa shape index (κ1) is 29.4. The summed E-state index contributed by atoms with van der Waals surface area (Å²) in [5.74, 6) is 5.46. The van der Waals surface area contributed by atoms with Gasteiger partial charge in [0.25, 0.3) is 0 Å². The van der Waals surface area contributed by atoms with Crippen LogP contribution >= 0.6 is 0 Å². The molecule has 1 aromatic rings. The van der Waals surface area contributed by atoms with E-state index in [9.17, 15) is 0 Å². The molecule has 36 heavy (non-hydrogen) atoms. The number of ether oxygens (including phenoxy) is 2. The van der Waals surface area contributed by atoms with E-state index in [-0.39, 0.29) is 0 Å². The van der Waals surface area contributed by atoms with Gasteiger partial charge in [-0.25, -0.2) is 0 Å². The van der Waals surface area contributed by atoms with Crippen molar-refractivity contribution >= 4 is 0 Å². The Bertz CT molecular complexity index is 682. The van der Waals surface area contributed by atoms with E-state index in [1.807, 2.05) is 0 Å². The highest BCUT2D eigenvalue weighted by molar-refractivity contribution is 5.43.